The molecule has 0 saturated heterocycles. The van der Waals surface area contributed by atoms with E-state index in [-0.39, 0.29) is 5.75 Å². The number of nitrogens with one attached hydrogen (secondary N) is 1. The molecule has 2 atom stereocenters. The predicted molar refractivity (Wildman–Crippen MR) is 53.5 cm³/mol. The number of amides is 1. The van der Waals surface area contributed by atoms with Gasteiger partial charge in [0.25, 0.3) is 0 Å². The van der Waals surface area contributed by atoms with Gasteiger partial charge in [-0.1, -0.05) is 0 Å². The first kappa shape index (κ1) is 16.2. The van der Waals surface area contributed by atoms with Crippen molar-refractivity contribution in [3.8, 4) is 0 Å². The third-order valence-corrected chi connectivity index (χ3v) is 3.03. The van der Waals surface area contributed by atoms with Gasteiger partial charge in [0.05, 0.1) is 18.0 Å². The summed E-state index contributed by atoms with van der Waals surface area (Å²) >= 11 is 0.518. The average molecular weight is 276 g/mol. The second kappa shape index (κ2) is 7.54. The highest BCUT2D eigenvalue weighted by atomic mass is 32.2. The van der Waals surface area contributed by atoms with Crippen molar-refractivity contribution >= 4 is 35.6 Å². The van der Waals surface area contributed by atoms with E-state index in [4.69, 9.17) is 0 Å². The lowest BCUT2D eigenvalue weighted by atomic mass is 10.3. The maximum Gasteiger partial charge on any atom is 0.217 e. The number of rotatable bonds is 8. The molecule has 0 saturated carbocycles. The molecule has 8 nitrogen and oxygen atoms in total. The van der Waals surface area contributed by atoms with E-state index in [2.05, 4.69) is 0 Å². The maximum absolute atomic E-state index is 10.7. The molecule has 102 valence electrons. The molecule has 0 bridgehead atoms. The van der Waals surface area contributed by atoms with E-state index in [0.717, 1.165) is 6.92 Å². The lowest BCUT2D eigenvalue weighted by Gasteiger charge is -2.23. The maximum atomic E-state index is 10.7. The monoisotopic (exact) mass is 276 g/mol. The fourth-order valence-corrected chi connectivity index (χ4v) is 2.02. The minimum absolute atomic E-state index is 0.353. The third-order valence-electron chi connectivity index (χ3n) is 1.74. The molecule has 0 spiro atoms. The summed E-state index contributed by atoms with van der Waals surface area (Å²) in [6, 6.07) is -1.41. The van der Waals surface area contributed by atoms with E-state index < -0.39 is 41.5 Å². The SMILES string of the molecule is CC(=O)N[C@@H](CSC(CC(=O)[O-])C(=O)[O-])C(=O)[O-]. The Labute approximate surface area is 106 Å². The largest absolute Gasteiger partial charge is 0.550 e. The molecule has 0 fully saturated rings. The third kappa shape index (κ3) is 6.74. The molecule has 0 aliphatic carbocycles. The number of carboxylic acid groups (broad SMARTS) is 3. The molecular formula is C9H10NO7S-3. The molecule has 0 aromatic heterocycles. The van der Waals surface area contributed by atoms with Crippen LogP contribution in [0.25, 0.3) is 0 Å². The minimum Gasteiger partial charge on any atom is -0.550 e. The number of thioether (sulfide) groups is 1. The van der Waals surface area contributed by atoms with Crippen LogP contribution < -0.4 is 20.6 Å². The highest BCUT2D eigenvalue weighted by Gasteiger charge is 2.17. The van der Waals surface area contributed by atoms with Crippen molar-refractivity contribution in [2.24, 2.45) is 0 Å². The normalized spacial score (nSPS) is 13.4. The summed E-state index contributed by atoms with van der Waals surface area (Å²) in [7, 11) is 0. The van der Waals surface area contributed by atoms with E-state index in [1.54, 1.807) is 0 Å². The van der Waals surface area contributed by atoms with Crippen LogP contribution in [0.5, 0.6) is 0 Å². The number of carboxylic acids is 3. The second-order valence-electron chi connectivity index (χ2n) is 3.29. The Hall–Kier alpha value is -1.77. The first-order valence-electron chi connectivity index (χ1n) is 4.74. The number of aliphatic carboxylic acids is 3. The van der Waals surface area contributed by atoms with Gasteiger partial charge in [0.15, 0.2) is 0 Å². The first-order valence-corrected chi connectivity index (χ1v) is 5.79. The van der Waals surface area contributed by atoms with Crippen LogP contribution in [0.4, 0.5) is 0 Å². The van der Waals surface area contributed by atoms with Gasteiger partial charge >= 0.3 is 0 Å². The molecule has 1 unspecified atom stereocenters. The Morgan fingerprint density at radius 3 is 2.00 bits per heavy atom. The van der Waals surface area contributed by atoms with Gasteiger partial charge in [0, 0.05) is 30.3 Å². The van der Waals surface area contributed by atoms with Crippen LogP contribution >= 0.6 is 11.8 Å². The summed E-state index contributed by atoms with van der Waals surface area (Å²) in [5.41, 5.74) is 0. The first-order chi connectivity index (χ1) is 8.23. The Kier molecular flexibility index (Phi) is 6.79. The molecule has 0 aliphatic rings. The van der Waals surface area contributed by atoms with Crippen molar-refractivity contribution in [1.29, 1.82) is 0 Å². The molecule has 1 amide bonds. The zero-order valence-electron chi connectivity index (χ0n) is 9.33. The Morgan fingerprint density at radius 1 is 1.11 bits per heavy atom. The summed E-state index contributed by atoms with van der Waals surface area (Å²) in [6.45, 7) is 1.08. The zero-order valence-corrected chi connectivity index (χ0v) is 10.2. The van der Waals surface area contributed by atoms with E-state index in [0.29, 0.717) is 11.8 Å². The van der Waals surface area contributed by atoms with Gasteiger partial charge in [-0.2, -0.15) is 0 Å². The van der Waals surface area contributed by atoms with E-state index in [1.165, 1.54) is 0 Å². The average Bonchev–Trinajstić information content (AvgIpc) is 2.20. The number of hydrogen-bond donors (Lipinski definition) is 1. The molecule has 0 aromatic rings. The van der Waals surface area contributed by atoms with Crippen molar-refractivity contribution in [2.45, 2.75) is 24.6 Å². The number of carbonyl (C=O) groups is 4. The molecule has 0 aromatic carbocycles. The van der Waals surface area contributed by atoms with Gasteiger partial charge in [0.1, 0.15) is 0 Å². The smallest absolute Gasteiger partial charge is 0.217 e. The van der Waals surface area contributed by atoms with Crippen LogP contribution in [0.3, 0.4) is 0 Å². The van der Waals surface area contributed by atoms with Gasteiger partial charge in [-0.3, -0.25) is 4.79 Å². The predicted octanol–water partition coefficient (Wildman–Crippen LogP) is -4.77. The quantitative estimate of drug-likeness (QED) is 0.464. The molecule has 0 rings (SSSR count). The summed E-state index contributed by atoms with van der Waals surface area (Å²) in [6.07, 6.45) is -0.813. The standard InChI is InChI=1S/C9H13NO7S/c1-4(11)10-5(8(14)15)3-18-6(9(16)17)2-7(12)13/h5-6H,2-3H2,1H3,(H,10,11)(H,12,13)(H,14,15)(H,16,17)/p-3/t5-,6?/m0/s1. The molecule has 0 radical (unpaired) electrons. The number of carbonyl (C=O) groups excluding carboxylic acids is 4. The zero-order chi connectivity index (χ0) is 14.3. The van der Waals surface area contributed by atoms with Crippen molar-refractivity contribution < 1.29 is 34.5 Å². The summed E-state index contributed by atoms with van der Waals surface area (Å²) in [4.78, 5) is 42.1. The van der Waals surface area contributed by atoms with Gasteiger partial charge in [-0.25, -0.2) is 0 Å². The van der Waals surface area contributed by atoms with Crippen molar-refractivity contribution in [3.05, 3.63) is 0 Å². The van der Waals surface area contributed by atoms with Gasteiger partial charge in [-0.05, 0) is 0 Å². The Morgan fingerprint density at radius 2 is 1.67 bits per heavy atom. The minimum atomic E-state index is -1.65. The fraction of sp³-hybridized carbons (Fsp3) is 0.556. The molecule has 18 heavy (non-hydrogen) atoms. The van der Waals surface area contributed by atoms with Gasteiger partial charge < -0.3 is 35.0 Å². The molecule has 0 aliphatic heterocycles. The molecule has 9 heteroatoms. The van der Waals surface area contributed by atoms with Crippen molar-refractivity contribution in [2.75, 3.05) is 5.75 Å². The Bertz CT molecular complexity index is 323. The topological polar surface area (TPSA) is 149 Å². The van der Waals surface area contributed by atoms with Gasteiger partial charge in [-0.15, -0.1) is 11.8 Å². The van der Waals surface area contributed by atoms with Crippen LogP contribution in [0.2, 0.25) is 0 Å². The Balaban J connectivity index is 4.45. The van der Waals surface area contributed by atoms with Gasteiger partial charge in [0.2, 0.25) is 5.91 Å². The fourth-order valence-electron chi connectivity index (χ4n) is 0.988. The summed E-state index contributed by atoms with van der Waals surface area (Å²) < 4.78 is 0. The summed E-state index contributed by atoms with van der Waals surface area (Å²) in [5, 5.41) is 32.0. The van der Waals surface area contributed by atoms with Crippen molar-refractivity contribution in [1.82, 2.24) is 5.32 Å². The molecular weight excluding hydrogens is 266 g/mol. The van der Waals surface area contributed by atoms with Crippen LogP contribution in [0.1, 0.15) is 13.3 Å². The lowest BCUT2D eigenvalue weighted by molar-refractivity contribution is -0.314. The van der Waals surface area contributed by atoms with Crippen LogP contribution in [-0.4, -0.2) is 40.9 Å². The number of hydrogen-bond acceptors (Lipinski definition) is 8. The van der Waals surface area contributed by atoms with Crippen LogP contribution in [0, 0.1) is 0 Å². The van der Waals surface area contributed by atoms with E-state index in [9.17, 15) is 34.5 Å². The highest BCUT2D eigenvalue weighted by Crippen LogP contribution is 2.15. The highest BCUT2D eigenvalue weighted by molar-refractivity contribution is 8.00. The van der Waals surface area contributed by atoms with Crippen LogP contribution in [0.15, 0.2) is 0 Å². The van der Waals surface area contributed by atoms with Crippen LogP contribution in [-0.2, 0) is 19.2 Å². The van der Waals surface area contributed by atoms with E-state index in [1.807, 2.05) is 5.32 Å². The second-order valence-corrected chi connectivity index (χ2v) is 4.52. The summed E-state index contributed by atoms with van der Waals surface area (Å²) in [5.74, 6) is -5.82. The van der Waals surface area contributed by atoms with E-state index >= 15 is 0 Å². The lowest BCUT2D eigenvalue weighted by Crippen LogP contribution is -2.49. The molecule has 1 N–H and O–H groups in total. The van der Waals surface area contributed by atoms with Crippen molar-refractivity contribution in [3.63, 3.8) is 0 Å². The molecule has 0 heterocycles.